The van der Waals surface area contributed by atoms with Gasteiger partial charge in [-0.15, -0.1) is 0 Å². The maximum atomic E-state index is 5.83. The zero-order chi connectivity index (χ0) is 14.0. The Hall–Kier alpha value is -1.81. The summed E-state index contributed by atoms with van der Waals surface area (Å²) in [5.74, 6) is 0.932. The Morgan fingerprint density at radius 2 is 2.05 bits per heavy atom. The van der Waals surface area contributed by atoms with Gasteiger partial charge in [-0.25, -0.2) is 0 Å². The molecule has 0 atom stereocenters. The zero-order valence-electron chi connectivity index (χ0n) is 12.0. The summed E-state index contributed by atoms with van der Waals surface area (Å²) in [6.07, 6.45) is 0. The number of hydrogen-bond acceptors (Lipinski definition) is 3. The molecule has 0 saturated carbocycles. The molecule has 1 aromatic carbocycles. The Labute approximate surface area is 114 Å². The SMILES string of the molecule is CCOc1ccc(-c2c(C)nn(C)c2CN)cc1C. The van der Waals surface area contributed by atoms with E-state index in [4.69, 9.17) is 10.5 Å². The molecule has 102 valence electrons. The van der Waals surface area contributed by atoms with Crippen LogP contribution < -0.4 is 10.5 Å². The third kappa shape index (κ3) is 2.49. The summed E-state index contributed by atoms with van der Waals surface area (Å²) >= 11 is 0. The van der Waals surface area contributed by atoms with Crippen molar-refractivity contribution in [3.8, 4) is 16.9 Å². The van der Waals surface area contributed by atoms with E-state index >= 15 is 0 Å². The van der Waals surface area contributed by atoms with Crippen molar-refractivity contribution in [2.75, 3.05) is 6.61 Å². The predicted molar refractivity (Wildman–Crippen MR) is 77.2 cm³/mol. The van der Waals surface area contributed by atoms with Crippen molar-refractivity contribution in [1.29, 1.82) is 0 Å². The van der Waals surface area contributed by atoms with E-state index in [1.54, 1.807) is 0 Å². The molecule has 2 rings (SSSR count). The largest absolute Gasteiger partial charge is 0.494 e. The molecule has 0 amide bonds. The van der Waals surface area contributed by atoms with Gasteiger partial charge in [-0.1, -0.05) is 6.07 Å². The summed E-state index contributed by atoms with van der Waals surface area (Å²) in [6, 6.07) is 6.22. The molecule has 0 bridgehead atoms. The Balaban J connectivity index is 2.51. The summed E-state index contributed by atoms with van der Waals surface area (Å²) in [7, 11) is 1.93. The molecule has 0 radical (unpaired) electrons. The summed E-state index contributed by atoms with van der Waals surface area (Å²) in [4.78, 5) is 0. The summed E-state index contributed by atoms with van der Waals surface area (Å²) < 4.78 is 7.43. The molecule has 0 aliphatic heterocycles. The van der Waals surface area contributed by atoms with Crippen molar-refractivity contribution in [3.05, 3.63) is 35.2 Å². The first-order chi connectivity index (χ1) is 9.08. The molecule has 0 unspecified atom stereocenters. The number of benzene rings is 1. The topological polar surface area (TPSA) is 53.1 Å². The van der Waals surface area contributed by atoms with Crippen molar-refractivity contribution in [3.63, 3.8) is 0 Å². The second kappa shape index (κ2) is 5.45. The molecule has 0 saturated heterocycles. The van der Waals surface area contributed by atoms with Crippen molar-refractivity contribution in [1.82, 2.24) is 9.78 Å². The molecule has 1 aromatic heterocycles. The van der Waals surface area contributed by atoms with Crippen molar-refractivity contribution < 1.29 is 4.74 Å². The van der Waals surface area contributed by atoms with Crippen LogP contribution >= 0.6 is 0 Å². The van der Waals surface area contributed by atoms with Gasteiger partial charge in [0.05, 0.1) is 18.0 Å². The molecular formula is C15H21N3O. The lowest BCUT2D eigenvalue weighted by atomic mass is 10.0. The van der Waals surface area contributed by atoms with Gasteiger partial charge in [0.2, 0.25) is 0 Å². The van der Waals surface area contributed by atoms with Crippen molar-refractivity contribution in [2.24, 2.45) is 12.8 Å². The van der Waals surface area contributed by atoms with E-state index in [0.717, 1.165) is 33.8 Å². The number of aryl methyl sites for hydroxylation is 3. The van der Waals surface area contributed by atoms with Gasteiger partial charge >= 0.3 is 0 Å². The molecule has 0 spiro atoms. The highest BCUT2D eigenvalue weighted by Gasteiger charge is 2.14. The first-order valence-electron chi connectivity index (χ1n) is 6.54. The van der Waals surface area contributed by atoms with Crippen LogP contribution in [0.4, 0.5) is 0 Å². The first-order valence-corrected chi connectivity index (χ1v) is 6.54. The standard InChI is InChI=1S/C15H21N3O/c1-5-19-14-7-6-12(8-10(14)2)15-11(3)17-18(4)13(15)9-16/h6-8H,5,9,16H2,1-4H3. The van der Waals surface area contributed by atoms with Gasteiger partial charge in [-0.3, -0.25) is 4.68 Å². The molecule has 19 heavy (non-hydrogen) atoms. The Bertz CT molecular complexity index is 587. The zero-order valence-corrected chi connectivity index (χ0v) is 12.0. The maximum Gasteiger partial charge on any atom is 0.122 e. The fourth-order valence-corrected chi connectivity index (χ4v) is 2.44. The average molecular weight is 259 g/mol. The van der Waals surface area contributed by atoms with E-state index in [-0.39, 0.29) is 0 Å². The second-order valence-electron chi connectivity index (χ2n) is 4.65. The van der Waals surface area contributed by atoms with E-state index in [9.17, 15) is 0 Å². The smallest absolute Gasteiger partial charge is 0.122 e. The van der Waals surface area contributed by atoms with Gasteiger partial charge in [0.15, 0.2) is 0 Å². The highest BCUT2D eigenvalue weighted by atomic mass is 16.5. The van der Waals surface area contributed by atoms with Gasteiger partial charge < -0.3 is 10.5 Å². The Morgan fingerprint density at radius 1 is 1.32 bits per heavy atom. The minimum absolute atomic E-state index is 0.485. The highest BCUT2D eigenvalue weighted by molar-refractivity contribution is 5.70. The maximum absolute atomic E-state index is 5.83. The van der Waals surface area contributed by atoms with Crippen LogP contribution in [0.15, 0.2) is 18.2 Å². The third-order valence-corrected chi connectivity index (χ3v) is 3.30. The fourth-order valence-electron chi connectivity index (χ4n) is 2.44. The Kier molecular flexibility index (Phi) is 3.90. The van der Waals surface area contributed by atoms with E-state index < -0.39 is 0 Å². The molecule has 0 fully saturated rings. The quantitative estimate of drug-likeness (QED) is 0.918. The van der Waals surface area contributed by atoms with Crippen molar-refractivity contribution >= 4 is 0 Å². The minimum Gasteiger partial charge on any atom is -0.494 e. The Morgan fingerprint density at radius 3 is 2.63 bits per heavy atom. The molecule has 1 heterocycles. The van der Waals surface area contributed by atoms with Gasteiger partial charge in [-0.2, -0.15) is 5.10 Å². The molecule has 2 N–H and O–H groups in total. The lowest BCUT2D eigenvalue weighted by molar-refractivity contribution is 0.338. The fraction of sp³-hybridized carbons (Fsp3) is 0.400. The van der Waals surface area contributed by atoms with Gasteiger partial charge in [0, 0.05) is 19.2 Å². The van der Waals surface area contributed by atoms with Crippen LogP contribution in [0, 0.1) is 13.8 Å². The number of ether oxygens (including phenoxy) is 1. The molecule has 2 aromatic rings. The van der Waals surface area contributed by atoms with Crippen LogP contribution in [0.5, 0.6) is 5.75 Å². The number of hydrogen-bond donors (Lipinski definition) is 1. The van der Waals surface area contributed by atoms with Gasteiger partial charge in [-0.05, 0) is 44.0 Å². The number of rotatable bonds is 4. The molecular weight excluding hydrogens is 238 g/mol. The summed E-state index contributed by atoms with van der Waals surface area (Å²) in [5.41, 5.74) is 11.3. The lowest BCUT2D eigenvalue weighted by Crippen LogP contribution is -2.05. The molecule has 4 nitrogen and oxygen atoms in total. The second-order valence-corrected chi connectivity index (χ2v) is 4.65. The molecule has 4 heteroatoms. The first kappa shape index (κ1) is 13.6. The van der Waals surface area contributed by atoms with Crippen LogP contribution in [-0.2, 0) is 13.6 Å². The molecule has 0 aliphatic carbocycles. The van der Waals surface area contributed by atoms with Crippen LogP contribution in [0.3, 0.4) is 0 Å². The molecule has 0 aliphatic rings. The highest BCUT2D eigenvalue weighted by Crippen LogP contribution is 2.30. The average Bonchev–Trinajstić information content (AvgIpc) is 2.66. The van der Waals surface area contributed by atoms with E-state index in [2.05, 4.69) is 24.2 Å². The number of nitrogens with two attached hydrogens (primary N) is 1. The third-order valence-electron chi connectivity index (χ3n) is 3.30. The number of nitrogens with zero attached hydrogens (tertiary/aromatic N) is 2. The predicted octanol–water partition coefficient (Wildman–Crippen LogP) is 2.56. The van der Waals surface area contributed by atoms with Crippen molar-refractivity contribution in [2.45, 2.75) is 27.3 Å². The minimum atomic E-state index is 0.485. The normalized spacial score (nSPS) is 10.8. The van der Waals surface area contributed by atoms with Crippen LogP contribution in [0.25, 0.3) is 11.1 Å². The van der Waals surface area contributed by atoms with Crippen LogP contribution in [0.2, 0.25) is 0 Å². The van der Waals surface area contributed by atoms with Gasteiger partial charge in [0.1, 0.15) is 5.75 Å². The monoisotopic (exact) mass is 259 g/mol. The summed E-state index contributed by atoms with van der Waals surface area (Å²) in [5, 5.41) is 4.45. The number of aromatic nitrogens is 2. The van der Waals surface area contributed by atoms with Crippen LogP contribution in [0.1, 0.15) is 23.9 Å². The van der Waals surface area contributed by atoms with Gasteiger partial charge in [0.25, 0.3) is 0 Å². The lowest BCUT2D eigenvalue weighted by Gasteiger charge is -2.10. The summed E-state index contributed by atoms with van der Waals surface area (Å²) in [6.45, 7) is 7.23. The van der Waals surface area contributed by atoms with E-state index in [1.807, 2.05) is 31.6 Å². The van der Waals surface area contributed by atoms with E-state index in [1.165, 1.54) is 0 Å². The van der Waals surface area contributed by atoms with Crippen LogP contribution in [-0.4, -0.2) is 16.4 Å². The van der Waals surface area contributed by atoms with E-state index in [0.29, 0.717) is 13.2 Å².